The fourth-order valence-corrected chi connectivity index (χ4v) is 4.33. The van der Waals surface area contributed by atoms with Gasteiger partial charge in [0.15, 0.2) is 0 Å². The lowest BCUT2D eigenvalue weighted by Crippen LogP contribution is -2.28. The fraction of sp³-hybridized carbons (Fsp3) is 0.286. The van der Waals surface area contributed by atoms with Crippen molar-refractivity contribution >= 4 is 34.7 Å². The van der Waals surface area contributed by atoms with Crippen molar-refractivity contribution in [3.63, 3.8) is 0 Å². The molecule has 0 spiro atoms. The van der Waals surface area contributed by atoms with Gasteiger partial charge in [0.05, 0.1) is 13.0 Å². The van der Waals surface area contributed by atoms with E-state index in [1.807, 2.05) is 74.5 Å². The zero-order chi connectivity index (χ0) is 24.2. The Balaban J connectivity index is 1.38. The highest BCUT2D eigenvalue weighted by atomic mass is 16.6. The molecule has 1 aliphatic heterocycles. The number of ether oxygens (including phenoxy) is 1. The summed E-state index contributed by atoms with van der Waals surface area (Å²) in [5.41, 5.74) is 5.77. The number of aryl methyl sites for hydroxylation is 2. The van der Waals surface area contributed by atoms with Crippen molar-refractivity contribution in [2.75, 3.05) is 21.7 Å². The van der Waals surface area contributed by atoms with Crippen molar-refractivity contribution in [2.45, 2.75) is 46.3 Å². The van der Waals surface area contributed by atoms with Gasteiger partial charge in [0.2, 0.25) is 5.91 Å². The zero-order valence-corrected chi connectivity index (χ0v) is 20.1. The molecule has 1 unspecified atom stereocenters. The minimum absolute atomic E-state index is 0.0365. The van der Waals surface area contributed by atoms with E-state index in [0.29, 0.717) is 12.2 Å². The lowest BCUT2D eigenvalue weighted by molar-refractivity contribution is -0.117. The first kappa shape index (κ1) is 23.4. The van der Waals surface area contributed by atoms with Crippen LogP contribution in [0.1, 0.15) is 31.4 Å². The van der Waals surface area contributed by atoms with Gasteiger partial charge >= 0.3 is 6.09 Å². The number of benzene rings is 3. The third kappa shape index (κ3) is 5.22. The fourth-order valence-electron chi connectivity index (χ4n) is 4.33. The third-order valence-electron chi connectivity index (χ3n) is 5.96. The molecule has 3 aromatic rings. The van der Waals surface area contributed by atoms with Gasteiger partial charge in [-0.15, -0.1) is 0 Å². The highest BCUT2D eigenvalue weighted by molar-refractivity contribution is 5.97. The van der Waals surface area contributed by atoms with Gasteiger partial charge in [-0.2, -0.15) is 0 Å². The lowest BCUT2D eigenvalue weighted by Gasteiger charge is -2.29. The normalized spacial score (nSPS) is 15.5. The maximum absolute atomic E-state index is 12.6. The number of nitrogens with zero attached hydrogens (tertiary/aromatic N) is 2. The highest BCUT2D eigenvalue weighted by Crippen LogP contribution is 2.30. The van der Waals surface area contributed by atoms with Gasteiger partial charge in [0, 0.05) is 28.8 Å². The summed E-state index contributed by atoms with van der Waals surface area (Å²) in [6.07, 6.45) is -0.862. The summed E-state index contributed by atoms with van der Waals surface area (Å²) in [5.74, 6) is -0.0365. The molecule has 6 nitrogen and oxygen atoms in total. The average Bonchev–Trinajstić information content (AvgIpc) is 3.16. The number of carbonyl (C=O) groups is 2. The smallest absolute Gasteiger partial charge is 0.411 e. The molecule has 34 heavy (non-hydrogen) atoms. The number of anilines is 4. The Kier molecular flexibility index (Phi) is 6.87. The topological polar surface area (TPSA) is 61.9 Å². The molecule has 4 rings (SSSR count). The van der Waals surface area contributed by atoms with E-state index in [9.17, 15) is 9.59 Å². The van der Waals surface area contributed by atoms with Gasteiger partial charge in [-0.1, -0.05) is 30.3 Å². The van der Waals surface area contributed by atoms with Crippen LogP contribution in [-0.2, 0) is 9.53 Å². The van der Waals surface area contributed by atoms with Gasteiger partial charge in [-0.05, 0) is 81.3 Å². The lowest BCUT2D eigenvalue weighted by atomic mass is 10.1. The second-order valence-corrected chi connectivity index (χ2v) is 9.00. The van der Waals surface area contributed by atoms with E-state index >= 15 is 0 Å². The van der Waals surface area contributed by atoms with Gasteiger partial charge in [0.25, 0.3) is 0 Å². The van der Waals surface area contributed by atoms with Gasteiger partial charge < -0.3 is 14.5 Å². The van der Waals surface area contributed by atoms with Gasteiger partial charge in [0.1, 0.15) is 6.10 Å². The summed E-state index contributed by atoms with van der Waals surface area (Å²) in [6.45, 7) is 8.61. The van der Waals surface area contributed by atoms with Crippen LogP contribution in [0.3, 0.4) is 0 Å². The Bertz CT molecular complexity index is 1160. The van der Waals surface area contributed by atoms with Gasteiger partial charge in [-0.3, -0.25) is 10.1 Å². The first-order chi connectivity index (χ1) is 16.3. The largest absolute Gasteiger partial charge is 0.444 e. The van der Waals surface area contributed by atoms with E-state index in [1.165, 1.54) is 0 Å². The van der Waals surface area contributed by atoms with Crippen molar-refractivity contribution in [2.24, 2.45) is 0 Å². The molecule has 0 radical (unpaired) electrons. The van der Waals surface area contributed by atoms with Crippen molar-refractivity contribution in [3.8, 4) is 0 Å². The molecule has 0 aromatic heterocycles. The van der Waals surface area contributed by atoms with Crippen LogP contribution in [0, 0.1) is 13.8 Å². The van der Waals surface area contributed by atoms with E-state index in [0.717, 1.165) is 28.2 Å². The Hall–Kier alpha value is -3.80. The van der Waals surface area contributed by atoms with Crippen LogP contribution in [0.4, 0.5) is 27.5 Å². The Morgan fingerprint density at radius 3 is 2.35 bits per heavy atom. The van der Waals surface area contributed by atoms with E-state index in [4.69, 9.17) is 4.74 Å². The number of carbonyl (C=O) groups excluding carboxylic acids is 2. The van der Waals surface area contributed by atoms with Crippen molar-refractivity contribution in [1.29, 1.82) is 0 Å². The Morgan fingerprint density at radius 2 is 1.68 bits per heavy atom. The van der Waals surface area contributed by atoms with Crippen LogP contribution in [-0.4, -0.2) is 30.7 Å². The average molecular weight is 458 g/mol. The van der Waals surface area contributed by atoms with E-state index < -0.39 is 12.2 Å². The van der Waals surface area contributed by atoms with Crippen molar-refractivity contribution in [1.82, 2.24) is 0 Å². The zero-order valence-electron chi connectivity index (χ0n) is 20.1. The third-order valence-corrected chi connectivity index (χ3v) is 5.96. The minimum atomic E-state index is -0.558. The molecule has 1 saturated heterocycles. The molecular weight excluding hydrogens is 426 g/mol. The summed E-state index contributed by atoms with van der Waals surface area (Å²) in [4.78, 5) is 29.0. The van der Waals surface area contributed by atoms with Crippen LogP contribution in [0.5, 0.6) is 0 Å². The predicted octanol–water partition coefficient (Wildman–Crippen LogP) is 6.20. The first-order valence-electron chi connectivity index (χ1n) is 11.6. The molecule has 1 heterocycles. The molecule has 2 amide bonds. The van der Waals surface area contributed by atoms with Crippen molar-refractivity contribution in [3.05, 3.63) is 83.9 Å². The standard InChI is InChI=1S/C28H31N3O3/c1-19(2)31(23-8-6-5-7-9-23)24-14-12-22(13-15-24)29-28(33)34-25-17-27(32)30(18-25)26-16-20(3)10-11-21(26)4/h5-16,19,25H,17-18H2,1-4H3,(H,29,33). The molecule has 176 valence electrons. The summed E-state index contributed by atoms with van der Waals surface area (Å²) in [5, 5.41) is 2.78. The SMILES string of the molecule is Cc1ccc(C)c(N2CC(OC(=O)Nc3ccc(N(c4ccccc4)C(C)C)cc3)CC2=O)c1. The second kappa shape index (κ2) is 10.00. The molecule has 1 atom stereocenters. The summed E-state index contributed by atoms with van der Waals surface area (Å²) in [7, 11) is 0. The van der Waals surface area contributed by atoms with Crippen LogP contribution in [0.2, 0.25) is 0 Å². The monoisotopic (exact) mass is 457 g/mol. The van der Waals surface area contributed by atoms with Crippen LogP contribution >= 0.6 is 0 Å². The quantitative estimate of drug-likeness (QED) is 0.478. The summed E-state index contributed by atoms with van der Waals surface area (Å²) in [6, 6.07) is 24.1. The molecule has 0 bridgehead atoms. The van der Waals surface area contributed by atoms with Crippen LogP contribution < -0.4 is 15.1 Å². The van der Waals surface area contributed by atoms with Crippen molar-refractivity contribution < 1.29 is 14.3 Å². The highest BCUT2D eigenvalue weighted by Gasteiger charge is 2.34. The number of amides is 2. The van der Waals surface area contributed by atoms with E-state index in [2.05, 4.69) is 36.2 Å². The molecular formula is C28H31N3O3. The number of nitrogens with one attached hydrogen (secondary N) is 1. The molecule has 1 aliphatic rings. The predicted molar refractivity (Wildman–Crippen MR) is 137 cm³/mol. The minimum Gasteiger partial charge on any atom is -0.444 e. The number of rotatable bonds is 6. The Labute approximate surface area is 201 Å². The first-order valence-corrected chi connectivity index (χ1v) is 11.6. The summed E-state index contributed by atoms with van der Waals surface area (Å²) < 4.78 is 5.57. The molecule has 0 aliphatic carbocycles. The maximum atomic E-state index is 12.6. The molecule has 3 aromatic carbocycles. The van der Waals surface area contributed by atoms with Gasteiger partial charge in [-0.25, -0.2) is 4.79 Å². The number of para-hydroxylation sites is 1. The second-order valence-electron chi connectivity index (χ2n) is 9.00. The molecule has 1 N–H and O–H groups in total. The summed E-state index contributed by atoms with van der Waals surface area (Å²) >= 11 is 0. The number of hydrogen-bond donors (Lipinski definition) is 1. The Morgan fingerprint density at radius 1 is 1.00 bits per heavy atom. The van der Waals surface area contributed by atoms with Crippen LogP contribution in [0.25, 0.3) is 0 Å². The number of hydrogen-bond acceptors (Lipinski definition) is 4. The molecule has 1 fully saturated rings. The molecule has 0 saturated carbocycles. The van der Waals surface area contributed by atoms with Crippen LogP contribution in [0.15, 0.2) is 72.8 Å². The van der Waals surface area contributed by atoms with E-state index in [1.54, 1.807) is 4.90 Å². The molecule has 6 heteroatoms. The van der Waals surface area contributed by atoms with E-state index in [-0.39, 0.29) is 18.4 Å². The maximum Gasteiger partial charge on any atom is 0.411 e.